The van der Waals surface area contributed by atoms with E-state index in [9.17, 15) is 13.6 Å². The second kappa shape index (κ2) is 6.30. The van der Waals surface area contributed by atoms with Crippen LogP contribution in [0.25, 0.3) is 0 Å². The van der Waals surface area contributed by atoms with E-state index in [2.05, 4.69) is 25.5 Å². The summed E-state index contributed by atoms with van der Waals surface area (Å²) in [5, 5.41) is 8.90. The summed E-state index contributed by atoms with van der Waals surface area (Å²) < 4.78 is 26.3. The molecule has 8 heteroatoms. The van der Waals surface area contributed by atoms with Crippen molar-refractivity contribution in [1.29, 1.82) is 0 Å². The van der Waals surface area contributed by atoms with Crippen LogP contribution in [0.5, 0.6) is 0 Å². The van der Waals surface area contributed by atoms with Crippen LogP contribution in [-0.2, 0) is 6.42 Å². The summed E-state index contributed by atoms with van der Waals surface area (Å²) >= 11 is 0. The van der Waals surface area contributed by atoms with Gasteiger partial charge in [0.25, 0.3) is 5.91 Å². The molecule has 0 unspecified atom stereocenters. The highest BCUT2D eigenvalue weighted by Gasteiger charge is 2.14. The summed E-state index contributed by atoms with van der Waals surface area (Å²) in [7, 11) is 0. The fraction of sp³-hybridized carbons (Fsp3) is 0.0667. The molecule has 0 aliphatic rings. The second-order valence-electron chi connectivity index (χ2n) is 4.72. The Labute approximate surface area is 129 Å². The van der Waals surface area contributed by atoms with Crippen molar-refractivity contribution in [2.75, 3.05) is 5.32 Å². The Bertz CT molecular complexity index is 832. The number of nitrogens with zero attached hydrogens (tertiary/aromatic N) is 3. The summed E-state index contributed by atoms with van der Waals surface area (Å²) in [5.74, 6) is -1.20. The summed E-state index contributed by atoms with van der Waals surface area (Å²) in [6, 6.07) is 7.21. The lowest BCUT2D eigenvalue weighted by Crippen LogP contribution is -2.14. The highest BCUT2D eigenvalue weighted by molar-refractivity contribution is 6.03. The molecule has 2 aromatic heterocycles. The third-order valence-corrected chi connectivity index (χ3v) is 3.06. The maximum Gasteiger partial charge on any atom is 0.261 e. The van der Waals surface area contributed by atoms with E-state index in [0.29, 0.717) is 12.2 Å². The van der Waals surface area contributed by atoms with Gasteiger partial charge in [-0.05, 0) is 23.8 Å². The van der Waals surface area contributed by atoms with Crippen molar-refractivity contribution in [3.8, 4) is 0 Å². The standard InChI is InChI=1S/C15H11F2N5O/c16-10-3-1-9(2-4-10)7-13-19-15(22-21-13)20-14(23)11-5-6-18-8-12(11)17/h1-6,8H,7H2,(H2,19,20,21,22,23). The zero-order chi connectivity index (χ0) is 16.2. The minimum atomic E-state index is -0.730. The van der Waals surface area contributed by atoms with Crippen LogP contribution in [0.2, 0.25) is 0 Å². The van der Waals surface area contributed by atoms with Gasteiger partial charge in [-0.2, -0.15) is 4.98 Å². The lowest BCUT2D eigenvalue weighted by atomic mass is 10.1. The van der Waals surface area contributed by atoms with Gasteiger partial charge >= 0.3 is 0 Å². The number of H-pyrrole nitrogens is 1. The summed E-state index contributed by atoms with van der Waals surface area (Å²) in [5.41, 5.74) is 0.686. The Morgan fingerprint density at radius 3 is 2.70 bits per heavy atom. The minimum Gasteiger partial charge on any atom is -0.289 e. The Morgan fingerprint density at radius 1 is 1.17 bits per heavy atom. The van der Waals surface area contributed by atoms with Crippen molar-refractivity contribution in [3.63, 3.8) is 0 Å². The van der Waals surface area contributed by atoms with Crippen LogP contribution < -0.4 is 5.32 Å². The lowest BCUT2D eigenvalue weighted by molar-refractivity contribution is 0.102. The molecule has 23 heavy (non-hydrogen) atoms. The first-order chi connectivity index (χ1) is 11.1. The number of halogens is 2. The Hall–Kier alpha value is -3.16. The van der Waals surface area contributed by atoms with Crippen molar-refractivity contribution in [3.05, 3.63) is 71.3 Å². The Balaban J connectivity index is 1.69. The number of pyridine rings is 1. The molecule has 6 nitrogen and oxygen atoms in total. The summed E-state index contributed by atoms with van der Waals surface area (Å²) in [4.78, 5) is 19.6. The second-order valence-corrected chi connectivity index (χ2v) is 4.72. The molecule has 3 aromatic rings. The first-order valence-corrected chi connectivity index (χ1v) is 6.68. The normalized spacial score (nSPS) is 10.5. The van der Waals surface area contributed by atoms with Gasteiger partial charge in [0.2, 0.25) is 5.95 Å². The van der Waals surface area contributed by atoms with E-state index in [1.165, 1.54) is 24.4 Å². The number of anilines is 1. The molecule has 0 spiro atoms. The molecular weight excluding hydrogens is 304 g/mol. The molecule has 0 saturated carbocycles. The average molecular weight is 315 g/mol. The molecule has 2 N–H and O–H groups in total. The first-order valence-electron chi connectivity index (χ1n) is 6.68. The van der Waals surface area contributed by atoms with Crippen LogP contribution in [0.4, 0.5) is 14.7 Å². The zero-order valence-electron chi connectivity index (χ0n) is 11.8. The maximum atomic E-state index is 13.5. The number of carbonyl (C=O) groups excluding carboxylic acids is 1. The van der Waals surface area contributed by atoms with Gasteiger partial charge in [0.15, 0.2) is 5.82 Å². The number of hydrogen-bond acceptors (Lipinski definition) is 4. The number of aromatic nitrogens is 4. The summed E-state index contributed by atoms with van der Waals surface area (Å²) in [6.45, 7) is 0. The molecule has 0 fully saturated rings. The predicted molar refractivity (Wildman–Crippen MR) is 77.7 cm³/mol. The van der Waals surface area contributed by atoms with Crippen LogP contribution in [0.1, 0.15) is 21.7 Å². The number of carbonyl (C=O) groups is 1. The topological polar surface area (TPSA) is 83.6 Å². The highest BCUT2D eigenvalue weighted by atomic mass is 19.1. The molecule has 1 amide bonds. The van der Waals surface area contributed by atoms with Gasteiger partial charge in [-0.15, -0.1) is 5.10 Å². The van der Waals surface area contributed by atoms with E-state index in [1.54, 1.807) is 12.1 Å². The molecule has 2 heterocycles. The third-order valence-electron chi connectivity index (χ3n) is 3.06. The number of amides is 1. The van der Waals surface area contributed by atoms with Crippen molar-refractivity contribution >= 4 is 11.9 Å². The van der Waals surface area contributed by atoms with Gasteiger partial charge in [0.05, 0.1) is 11.8 Å². The minimum absolute atomic E-state index is 0.0309. The molecule has 0 aliphatic carbocycles. The lowest BCUT2D eigenvalue weighted by Gasteiger charge is -2.01. The van der Waals surface area contributed by atoms with E-state index < -0.39 is 11.7 Å². The number of nitrogens with one attached hydrogen (secondary N) is 2. The van der Waals surface area contributed by atoms with Crippen LogP contribution in [0.3, 0.4) is 0 Å². The fourth-order valence-electron chi connectivity index (χ4n) is 1.95. The van der Waals surface area contributed by atoms with Crippen LogP contribution in [-0.4, -0.2) is 26.1 Å². The van der Waals surface area contributed by atoms with E-state index in [-0.39, 0.29) is 17.3 Å². The van der Waals surface area contributed by atoms with Gasteiger partial charge in [-0.25, -0.2) is 8.78 Å². The van der Waals surface area contributed by atoms with Crippen molar-refractivity contribution < 1.29 is 13.6 Å². The molecule has 3 rings (SSSR count). The summed E-state index contributed by atoms with van der Waals surface area (Å²) in [6.07, 6.45) is 2.66. The molecule has 0 atom stereocenters. The molecular formula is C15H11F2N5O. The maximum absolute atomic E-state index is 13.5. The fourth-order valence-corrected chi connectivity index (χ4v) is 1.95. The largest absolute Gasteiger partial charge is 0.289 e. The molecule has 0 saturated heterocycles. The SMILES string of the molecule is O=C(Nc1n[nH]c(Cc2ccc(F)cc2)n1)c1ccncc1F. The highest BCUT2D eigenvalue weighted by Crippen LogP contribution is 2.10. The van der Waals surface area contributed by atoms with Crippen molar-refractivity contribution in [1.82, 2.24) is 20.2 Å². The van der Waals surface area contributed by atoms with Gasteiger partial charge in [-0.3, -0.25) is 20.2 Å². The Morgan fingerprint density at radius 2 is 1.96 bits per heavy atom. The number of aromatic amines is 1. The molecule has 0 aliphatic heterocycles. The molecule has 0 radical (unpaired) electrons. The Kier molecular flexibility index (Phi) is 4.05. The number of hydrogen-bond donors (Lipinski definition) is 2. The van der Waals surface area contributed by atoms with Crippen molar-refractivity contribution in [2.45, 2.75) is 6.42 Å². The zero-order valence-corrected chi connectivity index (χ0v) is 11.8. The van der Waals surface area contributed by atoms with E-state index >= 15 is 0 Å². The third kappa shape index (κ3) is 3.54. The molecule has 116 valence electrons. The molecule has 0 bridgehead atoms. The van der Waals surface area contributed by atoms with E-state index in [4.69, 9.17) is 0 Å². The van der Waals surface area contributed by atoms with Crippen molar-refractivity contribution in [2.24, 2.45) is 0 Å². The van der Waals surface area contributed by atoms with Crippen LogP contribution in [0, 0.1) is 11.6 Å². The van der Waals surface area contributed by atoms with E-state index in [0.717, 1.165) is 11.8 Å². The first kappa shape index (κ1) is 14.8. The van der Waals surface area contributed by atoms with Gasteiger partial charge in [0, 0.05) is 12.6 Å². The number of rotatable bonds is 4. The van der Waals surface area contributed by atoms with Gasteiger partial charge in [0.1, 0.15) is 11.6 Å². The van der Waals surface area contributed by atoms with Gasteiger partial charge in [-0.1, -0.05) is 12.1 Å². The number of benzene rings is 1. The quantitative estimate of drug-likeness (QED) is 0.774. The van der Waals surface area contributed by atoms with Crippen LogP contribution in [0.15, 0.2) is 42.7 Å². The average Bonchev–Trinajstić information content (AvgIpc) is 2.97. The van der Waals surface area contributed by atoms with Gasteiger partial charge < -0.3 is 0 Å². The molecule has 1 aromatic carbocycles. The van der Waals surface area contributed by atoms with E-state index in [1.807, 2.05) is 0 Å². The smallest absolute Gasteiger partial charge is 0.261 e. The monoisotopic (exact) mass is 315 g/mol. The van der Waals surface area contributed by atoms with Crippen LogP contribution >= 0.6 is 0 Å². The predicted octanol–water partition coefficient (Wildman–Crippen LogP) is 2.32.